The minimum absolute atomic E-state index is 0.102. The maximum atomic E-state index is 5.79. The van der Waals surface area contributed by atoms with Gasteiger partial charge in [-0.2, -0.15) is 4.98 Å². The number of thiazole rings is 1. The van der Waals surface area contributed by atoms with Gasteiger partial charge in [-0.05, 0) is 31.5 Å². The highest BCUT2D eigenvalue weighted by Crippen LogP contribution is 2.25. The maximum absolute atomic E-state index is 5.79. The van der Waals surface area contributed by atoms with Crippen LogP contribution >= 0.6 is 11.3 Å². The Morgan fingerprint density at radius 3 is 2.85 bits per heavy atom. The second-order valence-electron chi connectivity index (χ2n) is 4.50. The van der Waals surface area contributed by atoms with E-state index in [0.717, 1.165) is 10.6 Å². The second-order valence-corrected chi connectivity index (χ2v) is 5.39. The Morgan fingerprint density at radius 1 is 1.30 bits per heavy atom. The van der Waals surface area contributed by atoms with E-state index in [4.69, 9.17) is 10.3 Å². The fraction of sp³-hybridized carbons (Fsp3) is 0.231. The van der Waals surface area contributed by atoms with Crippen LogP contribution in [-0.2, 0) is 0 Å². The third kappa shape index (κ3) is 2.45. The molecule has 0 aliphatic rings. The average molecular weight is 287 g/mol. The zero-order chi connectivity index (χ0) is 14.1. The van der Waals surface area contributed by atoms with Gasteiger partial charge in [-0.3, -0.25) is 4.98 Å². The van der Waals surface area contributed by atoms with Crippen molar-refractivity contribution in [2.24, 2.45) is 5.73 Å². The minimum atomic E-state index is -0.102. The molecule has 0 amide bonds. The van der Waals surface area contributed by atoms with Crippen LogP contribution in [0, 0.1) is 6.92 Å². The first-order valence-electron chi connectivity index (χ1n) is 6.11. The number of nitrogens with zero attached hydrogens (tertiary/aromatic N) is 4. The monoisotopic (exact) mass is 287 g/mol. The van der Waals surface area contributed by atoms with Crippen molar-refractivity contribution >= 4 is 11.3 Å². The Bertz CT molecular complexity index is 734. The fourth-order valence-electron chi connectivity index (χ4n) is 1.68. The van der Waals surface area contributed by atoms with Crippen LogP contribution in [0.5, 0.6) is 0 Å². The van der Waals surface area contributed by atoms with Crippen LogP contribution in [0.2, 0.25) is 0 Å². The lowest BCUT2D eigenvalue weighted by molar-refractivity contribution is 0.431. The van der Waals surface area contributed by atoms with Crippen LogP contribution in [0.25, 0.3) is 23.1 Å². The molecule has 0 spiro atoms. The number of aryl methyl sites for hydroxylation is 1. The second kappa shape index (κ2) is 5.10. The molecule has 0 saturated carbocycles. The molecule has 1 unspecified atom stereocenters. The summed E-state index contributed by atoms with van der Waals surface area (Å²) in [6.07, 6.45) is 1.72. The molecule has 3 heterocycles. The molecule has 1 atom stereocenters. The van der Waals surface area contributed by atoms with Crippen LogP contribution in [0.4, 0.5) is 0 Å². The van der Waals surface area contributed by atoms with Crippen molar-refractivity contribution in [1.29, 1.82) is 0 Å². The van der Waals surface area contributed by atoms with Crippen LogP contribution in [0.1, 0.15) is 23.5 Å². The Kier molecular flexibility index (Phi) is 3.29. The first kappa shape index (κ1) is 12.9. The van der Waals surface area contributed by atoms with E-state index in [-0.39, 0.29) is 6.04 Å². The highest BCUT2D eigenvalue weighted by atomic mass is 32.1. The Hall–Kier alpha value is -2.12. The summed E-state index contributed by atoms with van der Waals surface area (Å²) >= 11 is 1.48. The lowest BCUT2D eigenvalue weighted by atomic mass is 10.2. The smallest absolute Gasteiger partial charge is 0.277 e. The standard InChI is InChI=1S/C13H13N5OS/c1-7-3-4-15-9(5-7)11-17-12(19-18-11)10-6-20-13(16-10)8(2)14/h3-6,8H,14H2,1-2H3. The van der Waals surface area contributed by atoms with Crippen molar-refractivity contribution in [3.05, 3.63) is 34.3 Å². The molecule has 0 aliphatic heterocycles. The molecule has 3 aromatic heterocycles. The van der Waals surface area contributed by atoms with Gasteiger partial charge in [0.05, 0.1) is 6.04 Å². The molecule has 2 N–H and O–H groups in total. The number of hydrogen-bond donors (Lipinski definition) is 1. The summed E-state index contributed by atoms with van der Waals surface area (Å²) in [7, 11) is 0. The van der Waals surface area contributed by atoms with E-state index in [2.05, 4.69) is 20.1 Å². The van der Waals surface area contributed by atoms with Gasteiger partial charge in [-0.15, -0.1) is 11.3 Å². The van der Waals surface area contributed by atoms with E-state index in [0.29, 0.717) is 23.1 Å². The van der Waals surface area contributed by atoms with Gasteiger partial charge in [-0.25, -0.2) is 4.98 Å². The first-order chi connectivity index (χ1) is 9.63. The van der Waals surface area contributed by atoms with Crippen LogP contribution in [0.15, 0.2) is 28.2 Å². The normalized spacial score (nSPS) is 12.6. The van der Waals surface area contributed by atoms with Crippen molar-refractivity contribution in [3.63, 3.8) is 0 Å². The molecule has 3 rings (SSSR count). The van der Waals surface area contributed by atoms with Gasteiger partial charge in [0.1, 0.15) is 16.4 Å². The largest absolute Gasteiger partial charge is 0.332 e. The van der Waals surface area contributed by atoms with Crippen molar-refractivity contribution in [1.82, 2.24) is 20.1 Å². The average Bonchev–Trinajstić information content (AvgIpc) is 3.08. The zero-order valence-corrected chi connectivity index (χ0v) is 11.9. The van der Waals surface area contributed by atoms with Gasteiger partial charge in [0.15, 0.2) is 0 Å². The molecular formula is C13H13N5OS. The highest BCUT2D eigenvalue weighted by Gasteiger charge is 2.15. The predicted molar refractivity (Wildman–Crippen MR) is 76.0 cm³/mol. The first-order valence-corrected chi connectivity index (χ1v) is 6.99. The van der Waals surface area contributed by atoms with E-state index in [1.54, 1.807) is 6.20 Å². The molecule has 7 heteroatoms. The SMILES string of the molecule is Cc1ccnc(-c2noc(-c3csc(C(C)N)n3)n2)c1. The Morgan fingerprint density at radius 2 is 2.15 bits per heavy atom. The summed E-state index contributed by atoms with van der Waals surface area (Å²) in [5, 5.41) is 6.64. The lowest BCUT2D eigenvalue weighted by Crippen LogP contribution is -2.03. The highest BCUT2D eigenvalue weighted by molar-refractivity contribution is 7.10. The van der Waals surface area contributed by atoms with Gasteiger partial charge in [-0.1, -0.05) is 5.16 Å². The van der Waals surface area contributed by atoms with E-state index < -0.39 is 0 Å². The molecule has 0 radical (unpaired) electrons. The Balaban J connectivity index is 1.93. The molecule has 0 bridgehead atoms. The van der Waals surface area contributed by atoms with Crippen molar-refractivity contribution < 1.29 is 4.52 Å². The van der Waals surface area contributed by atoms with Crippen molar-refractivity contribution in [2.75, 3.05) is 0 Å². The van der Waals surface area contributed by atoms with Gasteiger partial charge in [0.25, 0.3) is 5.89 Å². The fourth-order valence-corrected chi connectivity index (χ4v) is 2.44. The molecule has 20 heavy (non-hydrogen) atoms. The molecule has 0 aliphatic carbocycles. The van der Waals surface area contributed by atoms with E-state index >= 15 is 0 Å². The maximum Gasteiger partial charge on any atom is 0.277 e. The quantitative estimate of drug-likeness (QED) is 0.796. The third-order valence-corrected chi connectivity index (χ3v) is 3.75. The molecule has 6 nitrogen and oxygen atoms in total. The number of nitrogens with two attached hydrogens (primary N) is 1. The molecule has 102 valence electrons. The number of hydrogen-bond acceptors (Lipinski definition) is 7. The van der Waals surface area contributed by atoms with E-state index in [1.165, 1.54) is 11.3 Å². The zero-order valence-electron chi connectivity index (χ0n) is 11.1. The molecule has 0 fully saturated rings. The summed E-state index contributed by atoms with van der Waals surface area (Å²) < 4.78 is 5.24. The van der Waals surface area contributed by atoms with Crippen LogP contribution in [0.3, 0.4) is 0 Å². The summed E-state index contributed by atoms with van der Waals surface area (Å²) in [4.78, 5) is 12.9. The van der Waals surface area contributed by atoms with Gasteiger partial charge >= 0.3 is 0 Å². The topological polar surface area (TPSA) is 90.7 Å². The summed E-state index contributed by atoms with van der Waals surface area (Å²) in [5.41, 5.74) is 8.21. The summed E-state index contributed by atoms with van der Waals surface area (Å²) in [6.45, 7) is 3.88. The number of rotatable bonds is 3. The minimum Gasteiger partial charge on any atom is -0.332 e. The van der Waals surface area contributed by atoms with Gasteiger partial charge < -0.3 is 10.3 Å². The van der Waals surface area contributed by atoms with Crippen molar-refractivity contribution in [3.8, 4) is 23.1 Å². The lowest BCUT2D eigenvalue weighted by Gasteiger charge is -1.95. The van der Waals surface area contributed by atoms with Crippen LogP contribution in [-0.4, -0.2) is 20.1 Å². The van der Waals surface area contributed by atoms with Crippen LogP contribution < -0.4 is 5.73 Å². The molecule has 0 aromatic carbocycles. The van der Waals surface area contributed by atoms with E-state index in [1.807, 2.05) is 31.4 Å². The summed E-state index contributed by atoms with van der Waals surface area (Å²) in [5.74, 6) is 0.838. The molecule has 3 aromatic rings. The Labute approximate surface area is 119 Å². The predicted octanol–water partition coefficient (Wildman–Crippen LogP) is 2.58. The van der Waals surface area contributed by atoms with Gasteiger partial charge in [0.2, 0.25) is 5.82 Å². The van der Waals surface area contributed by atoms with Gasteiger partial charge in [0, 0.05) is 11.6 Å². The third-order valence-electron chi connectivity index (χ3n) is 2.70. The summed E-state index contributed by atoms with van der Waals surface area (Å²) in [6, 6.07) is 3.72. The van der Waals surface area contributed by atoms with Crippen molar-refractivity contribution in [2.45, 2.75) is 19.9 Å². The molecule has 0 saturated heterocycles. The molecular weight excluding hydrogens is 274 g/mol. The van der Waals surface area contributed by atoms with E-state index in [9.17, 15) is 0 Å². The number of aromatic nitrogens is 4. The number of pyridine rings is 1.